The fraction of sp³-hybridized carbons (Fsp3) is 0.353. The summed E-state index contributed by atoms with van der Waals surface area (Å²) in [5, 5.41) is 0. The Hall–Kier alpha value is -3.07. The van der Waals surface area contributed by atoms with Gasteiger partial charge in [0.1, 0.15) is 0 Å². The molecule has 9 nitrogen and oxygen atoms in total. The van der Waals surface area contributed by atoms with E-state index in [4.69, 9.17) is 20.2 Å². The molecule has 3 aromatic heterocycles. The smallest absolute Gasteiger partial charge is 0.224 e. The number of hydrogen-bond acceptors (Lipinski definition) is 9. The van der Waals surface area contributed by atoms with E-state index in [0.717, 1.165) is 5.56 Å². The van der Waals surface area contributed by atoms with Crippen molar-refractivity contribution in [3.63, 3.8) is 0 Å². The summed E-state index contributed by atoms with van der Waals surface area (Å²) in [6.45, 7) is 5.13. The molecule has 2 N–H and O–H groups in total. The topological polar surface area (TPSA) is 112 Å². The zero-order valence-electron chi connectivity index (χ0n) is 14.4. The molecule has 1 fully saturated rings. The Morgan fingerprint density at radius 2 is 2.04 bits per heavy atom. The maximum atomic E-state index is 5.87. The SMILES string of the molecule is CCOc1ncccc1-c1cnc2nc(N)nc(N3CCOCC3)c2n1. The summed E-state index contributed by atoms with van der Waals surface area (Å²) in [5.74, 6) is 1.37. The number of rotatable bonds is 4. The van der Waals surface area contributed by atoms with Crippen LogP contribution in [-0.4, -0.2) is 57.8 Å². The largest absolute Gasteiger partial charge is 0.477 e. The van der Waals surface area contributed by atoms with Gasteiger partial charge in [-0.15, -0.1) is 0 Å². The first-order valence-electron chi connectivity index (χ1n) is 8.47. The van der Waals surface area contributed by atoms with Gasteiger partial charge < -0.3 is 20.1 Å². The molecule has 3 aromatic rings. The van der Waals surface area contributed by atoms with Crippen LogP contribution in [0.3, 0.4) is 0 Å². The quantitative estimate of drug-likeness (QED) is 0.741. The highest BCUT2D eigenvalue weighted by Crippen LogP contribution is 2.29. The van der Waals surface area contributed by atoms with Gasteiger partial charge in [-0.3, -0.25) is 0 Å². The number of nitrogen functional groups attached to an aromatic ring is 1. The number of anilines is 2. The highest BCUT2D eigenvalue weighted by Gasteiger charge is 2.20. The van der Waals surface area contributed by atoms with E-state index in [2.05, 4.69) is 24.8 Å². The summed E-state index contributed by atoms with van der Waals surface area (Å²) in [5.41, 5.74) is 8.35. The molecule has 0 radical (unpaired) electrons. The van der Waals surface area contributed by atoms with Crippen LogP contribution in [0.1, 0.15) is 6.92 Å². The van der Waals surface area contributed by atoms with Gasteiger partial charge in [-0.25, -0.2) is 15.0 Å². The average molecular weight is 353 g/mol. The molecule has 0 spiro atoms. The van der Waals surface area contributed by atoms with Gasteiger partial charge in [0.25, 0.3) is 0 Å². The molecule has 0 unspecified atom stereocenters. The molecule has 9 heteroatoms. The van der Waals surface area contributed by atoms with Crippen molar-refractivity contribution in [3.05, 3.63) is 24.5 Å². The number of pyridine rings is 1. The third kappa shape index (κ3) is 3.08. The van der Waals surface area contributed by atoms with Gasteiger partial charge in [-0.1, -0.05) is 0 Å². The summed E-state index contributed by atoms with van der Waals surface area (Å²) < 4.78 is 11.0. The fourth-order valence-corrected chi connectivity index (χ4v) is 2.87. The van der Waals surface area contributed by atoms with E-state index in [1.54, 1.807) is 12.4 Å². The molecule has 26 heavy (non-hydrogen) atoms. The Kier molecular flexibility index (Phi) is 4.44. The minimum Gasteiger partial charge on any atom is -0.477 e. The lowest BCUT2D eigenvalue weighted by Crippen LogP contribution is -2.37. The minimum atomic E-state index is 0.178. The number of morpholine rings is 1. The van der Waals surface area contributed by atoms with Crippen LogP contribution in [0.15, 0.2) is 24.5 Å². The van der Waals surface area contributed by atoms with Crippen molar-refractivity contribution in [2.75, 3.05) is 43.5 Å². The molecule has 0 bridgehead atoms. The second-order valence-electron chi connectivity index (χ2n) is 5.72. The summed E-state index contributed by atoms with van der Waals surface area (Å²) in [6.07, 6.45) is 3.34. The van der Waals surface area contributed by atoms with Crippen molar-refractivity contribution >= 4 is 22.9 Å². The zero-order chi connectivity index (χ0) is 17.9. The molecule has 1 saturated heterocycles. The van der Waals surface area contributed by atoms with Crippen LogP contribution in [0.5, 0.6) is 5.88 Å². The molecule has 1 aliphatic rings. The molecule has 134 valence electrons. The van der Waals surface area contributed by atoms with Gasteiger partial charge in [-0.2, -0.15) is 9.97 Å². The molecule has 4 rings (SSSR count). The fourth-order valence-electron chi connectivity index (χ4n) is 2.87. The number of hydrogen-bond donors (Lipinski definition) is 1. The van der Waals surface area contributed by atoms with Gasteiger partial charge >= 0.3 is 0 Å². The third-order valence-electron chi connectivity index (χ3n) is 4.04. The Labute approximate surface area is 150 Å². The monoisotopic (exact) mass is 353 g/mol. The van der Waals surface area contributed by atoms with E-state index in [1.165, 1.54) is 0 Å². The minimum absolute atomic E-state index is 0.178. The van der Waals surface area contributed by atoms with Gasteiger partial charge in [0, 0.05) is 19.3 Å². The van der Waals surface area contributed by atoms with E-state index in [1.807, 2.05) is 19.1 Å². The van der Waals surface area contributed by atoms with Gasteiger partial charge in [0.05, 0.1) is 37.3 Å². The van der Waals surface area contributed by atoms with Crippen molar-refractivity contribution in [1.29, 1.82) is 0 Å². The van der Waals surface area contributed by atoms with Gasteiger partial charge in [0.15, 0.2) is 17.0 Å². The summed E-state index contributed by atoms with van der Waals surface area (Å²) >= 11 is 0. The molecule has 0 atom stereocenters. The van der Waals surface area contributed by atoms with Gasteiger partial charge in [-0.05, 0) is 19.1 Å². The number of aromatic nitrogens is 5. The second kappa shape index (κ2) is 7.04. The van der Waals surface area contributed by atoms with Crippen LogP contribution in [0.4, 0.5) is 11.8 Å². The average Bonchev–Trinajstić information content (AvgIpc) is 2.68. The molecule has 0 saturated carbocycles. The molecule has 4 heterocycles. The summed E-state index contributed by atoms with van der Waals surface area (Å²) in [4.78, 5) is 24.2. The second-order valence-corrected chi connectivity index (χ2v) is 5.72. The first kappa shape index (κ1) is 16.4. The maximum absolute atomic E-state index is 5.87. The van der Waals surface area contributed by atoms with Crippen LogP contribution < -0.4 is 15.4 Å². The van der Waals surface area contributed by atoms with Crippen molar-refractivity contribution in [2.45, 2.75) is 6.92 Å². The maximum Gasteiger partial charge on any atom is 0.224 e. The Morgan fingerprint density at radius 3 is 2.85 bits per heavy atom. The normalized spacial score (nSPS) is 14.6. The molecule has 0 amide bonds. The number of nitrogens with two attached hydrogens (primary N) is 1. The highest BCUT2D eigenvalue weighted by molar-refractivity contribution is 5.86. The van der Waals surface area contributed by atoms with Gasteiger partial charge in [0.2, 0.25) is 11.8 Å². The van der Waals surface area contributed by atoms with Crippen molar-refractivity contribution in [2.24, 2.45) is 0 Å². The van der Waals surface area contributed by atoms with Crippen LogP contribution in [0.2, 0.25) is 0 Å². The molecular formula is C17H19N7O2. The predicted octanol–water partition coefficient (Wildman–Crippen LogP) is 1.30. The van der Waals surface area contributed by atoms with Crippen molar-refractivity contribution in [3.8, 4) is 17.1 Å². The molecule has 0 aliphatic carbocycles. The lowest BCUT2D eigenvalue weighted by atomic mass is 10.2. The Balaban J connectivity index is 1.85. The van der Waals surface area contributed by atoms with E-state index < -0.39 is 0 Å². The first-order valence-corrected chi connectivity index (χ1v) is 8.47. The number of fused-ring (bicyclic) bond motifs is 1. The third-order valence-corrected chi connectivity index (χ3v) is 4.04. The first-order chi connectivity index (χ1) is 12.8. The van der Waals surface area contributed by atoms with Crippen molar-refractivity contribution < 1.29 is 9.47 Å². The van der Waals surface area contributed by atoms with E-state index in [9.17, 15) is 0 Å². The van der Waals surface area contributed by atoms with E-state index in [0.29, 0.717) is 61.5 Å². The van der Waals surface area contributed by atoms with E-state index >= 15 is 0 Å². The number of ether oxygens (including phenoxy) is 2. The summed E-state index contributed by atoms with van der Waals surface area (Å²) in [7, 11) is 0. The van der Waals surface area contributed by atoms with E-state index in [-0.39, 0.29) is 5.95 Å². The highest BCUT2D eigenvalue weighted by atomic mass is 16.5. The van der Waals surface area contributed by atoms with Crippen LogP contribution in [0, 0.1) is 0 Å². The summed E-state index contributed by atoms with van der Waals surface area (Å²) in [6, 6.07) is 3.74. The lowest BCUT2D eigenvalue weighted by Gasteiger charge is -2.28. The molecular weight excluding hydrogens is 334 g/mol. The number of nitrogens with zero attached hydrogens (tertiary/aromatic N) is 6. The molecule has 0 aromatic carbocycles. The lowest BCUT2D eigenvalue weighted by molar-refractivity contribution is 0.122. The van der Waals surface area contributed by atoms with Crippen LogP contribution in [-0.2, 0) is 4.74 Å². The zero-order valence-corrected chi connectivity index (χ0v) is 14.4. The van der Waals surface area contributed by atoms with Crippen LogP contribution >= 0.6 is 0 Å². The van der Waals surface area contributed by atoms with Crippen molar-refractivity contribution in [1.82, 2.24) is 24.9 Å². The Bertz CT molecular complexity index is 928. The molecule has 1 aliphatic heterocycles. The van der Waals surface area contributed by atoms with Crippen LogP contribution in [0.25, 0.3) is 22.4 Å². The Morgan fingerprint density at radius 1 is 1.19 bits per heavy atom. The predicted molar refractivity (Wildman–Crippen MR) is 97.0 cm³/mol. The standard InChI is InChI=1S/C17H19N7O2/c1-2-26-16-11(4-3-5-19-16)12-10-20-14-13(21-12)15(23-17(18)22-14)24-6-8-25-9-7-24/h3-5,10H,2,6-9H2,1H3,(H2,18,20,22,23).